The number of hydrogen-bond acceptors (Lipinski definition) is 9. The van der Waals surface area contributed by atoms with Gasteiger partial charge in [-0.3, -0.25) is 9.36 Å². The molecule has 0 amide bonds. The summed E-state index contributed by atoms with van der Waals surface area (Å²) in [6.45, 7) is 6.38. The minimum absolute atomic E-state index is 0.106. The van der Waals surface area contributed by atoms with E-state index >= 15 is 0 Å². The van der Waals surface area contributed by atoms with Crippen molar-refractivity contribution < 1.29 is 28.5 Å². The summed E-state index contributed by atoms with van der Waals surface area (Å²) in [5.41, 5.74) is 2.77. The van der Waals surface area contributed by atoms with Crippen LogP contribution in [0.15, 0.2) is 81.7 Å². The Labute approximate surface area is 262 Å². The van der Waals surface area contributed by atoms with Crippen LogP contribution < -0.4 is 33.8 Å². The molecule has 2 aliphatic rings. The van der Waals surface area contributed by atoms with Crippen LogP contribution in [0.25, 0.3) is 6.08 Å². The fourth-order valence-corrected chi connectivity index (χ4v) is 6.35. The highest BCUT2D eigenvalue weighted by Crippen LogP contribution is 2.38. The second-order valence-electron chi connectivity index (χ2n) is 9.93. The van der Waals surface area contributed by atoms with Gasteiger partial charge in [-0.15, -0.1) is 0 Å². The topological polar surface area (TPSA) is 97.6 Å². The molecule has 2 aliphatic heterocycles. The first kappa shape index (κ1) is 29.5. The van der Waals surface area contributed by atoms with Crippen molar-refractivity contribution in [2.45, 2.75) is 33.4 Å². The van der Waals surface area contributed by atoms with Crippen LogP contribution in [0.3, 0.4) is 0 Å². The van der Waals surface area contributed by atoms with Crippen LogP contribution in [0, 0.1) is 0 Å². The maximum Gasteiger partial charge on any atom is 0.338 e. The maximum atomic E-state index is 14.0. The first-order chi connectivity index (χ1) is 21.4. The molecule has 6 rings (SSSR count). The number of halogens is 1. The number of benzene rings is 3. The van der Waals surface area contributed by atoms with Crippen LogP contribution in [0.4, 0.5) is 0 Å². The molecule has 226 valence electrons. The largest absolute Gasteiger partial charge is 0.490 e. The van der Waals surface area contributed by atoms with Gasteiger partial charge in [0.05, 0.1) is 35.1 Å². The molecule has 0 unspecified atom stereocenters. The molecule has 0 aliphatic carbocycles. The molecular weight excluding hydrogens is 604 g/mol. The monoisotopic (exact) mass is 632 g/mol. The lowest BCUT2D eigenvalue weighted by Gasteiger charge is -2.24. The summed E-state index contributed by atoms with van der Waals surface area (Å²) >= 11 is 7.54. The smallest absolute Gasteiger partial charge is 0.338 e. The molecule has 9 nitrogen and oxygen atoms in total. The Morgan fingerprint density at radius 3 is 2.66 bits per heavy atom. The van der Waals surface area contributed by atoms with Gasteiger partial charge >= 0.3 is 5.97 Å². The summed E-state index contributed by atoms with van der Waals surface area (Å²) in [5.74, 6) is 1.72. The molecule has 1 aromatic heterocycles. The van der Waals surface area contributed by atoms with Crippen LogP contribution in [0.5, 0.6) is 23.0 Å². The van der Waals surface area contributed by atoms with Gasteiger partial charge < -0.3 is 23.7 Å². The molecule has 1 atom stereocenters. The zero-order chi connectivity index (χ0) is 30.8. The van der Waals surface area contributed by atoms with Crippen molar-refractivity contribution in [3.8, 4) is 23.0 Å². The summed E-state index contributed by atoms with van der Waals surface area (Å²) in [5, 5.41) is 0.623. The Bertz CT molecular complexity index is 1960. The van der Waals surface area contributed by atoms with E-state index in [0.29, 0.717) is 60.8 Å². The second kappa shape index (κ2) is 12.6. The zero-order valence-corrected chi connectivity index (χ0v) is 25.9. The van der Waals surface area contributed by atoms with E-state index in [9.17, 15) is 9.59 Å². The maximum absolute atomic E-state index is 14.0. The predicted octanol–water partition coefficient (Wildman–Crippen LogP) is 5.16. The number of aromatic nitrogens is 1. The molecule has 0 N–H and O–H groups in total. The van der Waals surface area contributed by atoms with Gasteiger partial charge in [0.2, 0.25) is 6.79 Å². The van der Waals surface area contributed by atoms with Crippen molar-refractivity contribution in [3.63, 3.8) is 0 Å². The zero-order valence-electron chi connectivity index (χ0n) is 24.3. The summed E-state index contributed by atoms with van der Waals surface area (Å²) in [4.78, 5) is 32.3. The van der Waals surface area contributed by atoms with Crippen molar-refractivity contribution in [2.24, 2.45) is 4.99 Å². The van der Waals surface area contributed by atoms with Crippen molar-refractivity contribution in [2.75, 3.05) is 20.0 Å². The molecule has 0 bridgehead atoms. The minimum atomic E-state index is -0.762. The highest BCUT2D eigenvalue weighted by Gasteiger charge is 2.34. The third kappa shape index (κ3) is 5.70. The Morgan fingerprint density at radius 1 is 1.05 bits per heavy atom. The third-order valence-corrected chi connectivity index (χ3v) is 8.49. The fourth-order valence-electron chi connectivity index (χ4n) is 5.11. The number of esters is 1. The number of nitrogens with zero attached hydrogens (tertiary/aromatic N) is 2. The van der Waals surface area contributed by atoms with Gasteiger partial charge in [-0.05, 0) is 68.3 Å². The van der Waals surface area contributed by atoms with E-state index in [-0.39, 0.29) is 25.6 Å². The van der Waals surface area contributed by atoms with Gasteiger partial charge in [-0.2, -0.15) is 0 Å². The Hall–Kier alpha value is -4.54. The highest BCUT2D eigenvalue weighted by molar-refractivity contribution is 7.07. The predicted molar refractivity (Wildman–Crippen MR) is 166 cm³/mol. The van der Waals surface area contributed by atoms with Crippen molar-refractivity contribution in [1.82, 2.24) is 4.57 Å². The number of carbonyl (C=O) groups is 1. The number of carbonyl (C=O) groups excluding carboxylic acids is 1. The Balaban J connectivity index is 1.40. The third-order valence-electron chi connectivity index (χ3n) is 7.14. The van der Waals surface area contributed by atoms with E-state index < -0.39 is 12.0 Å². The van der Waals surface area contributed by atoms with E-state index in [2.05, 4.69) is 4.99 Å². The average molecular weight is 633 g/mol. The summed E-state index contributed by atoms with van der Waals surface area (Å²) in [6, 6.07) is 17.6. The Kier molecular flexibility index (Phi) is 8.45. The molecule has 0 saturated heterocycles. The minimum Gasteiger partial charge on any atom is -0.490 e. The molecule has 0 spiro atoms. The van der Waals surface area contributed by atoms with Gasteiger partial charge in [0.1, 0.15) is 6.61 Å². The number of hydrogen-bond donors (Lipinski definition) is 0. The standard InChI is InChI=1S/C33H29ClN2O7S/c1-4-39-26-14-20(10-12-24(26)41-17-22-8-6-7-9-23(22)34)15-28-31(37)36-30(21-11-13-25-27(16-21)43-18-42-25)29(32(38)40-5-2)19(3)35-33(36)44-28/h6-16,30H,4-5,17-18H2,1-3H3/b28-15+/t30-/m1/s1. The molecular formula is C33H29ClN2O7S. The number of ether oxygens (including phenoxy) is 5. The number of fused-ring (bicyclic) bond motifs is 2. The van der Waals surface area contributed by atoms with E-state index in [1.807, 2.05) is 55.5 Å². The van der Waals surface area contributed by atoms with Gasteiger partial charge in [0.15, 0.2) is 27.8 Å². The van der Waals surface area contributed by atoms with Gasteiger partial charge in [0.25, 0.3) is 5.56 Å². The van der Waals surface area contributed by atoms with E-state index in [0.717, 1.165) is 11.1 Å². The summed E-state index contributed by atoms with van der Waals surface area (Å²) < 4.78 is 30.4. The van der Waals surface area contributed by atoms with Crippen LogP contribution in [0.2, 0.25) is 5.02 Å². The SMILES string of the molecule is CCOC(=O)C1=C(C)N=c2s/c(=C/c3ccc(OCc4ccccc4Cl)c(OCC)c3)c(=O)n2[C@@H]1c1ccc2c(c1)OCO2. The molecule has 3 aromatic carbocycles. The van der Waals surface area contributed by atoms with E-state index in [1.165, 1.54) is 15.9 Å². The summed E-state index contributed by atoms with van der Waals surface area (Å²) in [6.07, 6.45) is 1.78. The first-order valence-corrected chi connectivity index (χ1v) is 15.3. The molecule has 3 heterocycles. The molecule has 0 fully saturated rings. The normalized spacial score (nSPS) is 15.5. The number of rotatable bonds is 9. The van der Waals surface area contributed by atoms with Gasteiger partial charge in [-0.25, -0.2) is 9.79 Å². The molecule has 0 saturated carbocycles. The molecule has 11 heteroatoms. The van der Waals surface area contributed by atoms with Gasteiger partial charge in [0, 0.05) is 10.6 Å². The molecule has 44 heavy (non-hydrogen) atoms. The second-order valence-corrected chi connectivity index (χ2v) is 11.4. The molecule has 0 radical (unpaired) electrons. The lowest BCUT2D eigenvalue weighted by Crippen LogP contribution is -2.39. The van der Waals surface area contributed by atoms with Crippen LogP contribution in [-0.4, -0.2) is 30.5 Å². The number of allylic oxidation sites excluding steroid dienone is 1. The quantitative estimate of drug-likeness (QED) is 0.235. The van der Waals surface area contributed by atoms with E-state index in [4.69, 9.17) is 35.3 Å². The Morgan fingerprint density at radius 2 is 1.86 bits per heavy atom. The lowest BCUT2D eigenvalue weighted by atomic mass is 9.95. The molecule has 4 aromatic rings. The lowest BCUT2D eigenvalue weighted by molar-refractivity contribution is -0.139. The van der Waals surface area contributed by atoms with Crippen LogP contribution >= 0.6 is 22.9 Å². The summed E-state index contributed by atoms with van der Waals surface area (Å²) in [7, 11) is 0. The average Bonchev–Trinajstić information content (AvgIpc) is 3.60. The van der Waals surface area contributed by atoms with Crippen LogP contribution in [-0.2, 0) is 16.1 Å². The van der Waals surface area contributed by atoms with Crippen molar-refractivity contribution >= 4 is 35.0 Å². The highest BCUT2D eigenvalue weighted by atomic mass is 35.5. The van der Waals surface area contributed by atoms with Gasteiger partial charge in [-0.1, -0.05) is 53.3 Å². The van der Waals surface area contributed by atoms with Crippen molar-refractivity contribution in [1.29, 1.82) is 0 Å². The fraction of sp³-hybridized carbons (Fsp3) is 0.242. The van der Waals surface area contributed by atoms with E-state index in [1.54, 1.807) is 32.1 Å². The first-order valence-electron chi connectivity index (χ1n) is 14.1. The van der Waals surface area contributed by atoms with Crippen molar-refractivity contribution in [3.05, 3.63) is 113 Å². The van der Waals surface area contributed by atoms with Crippen LogP contribution in [0.1, 0.15) is 43.5 Å². The number of thiazole rings is 1.